The molecule has 0 aliphatic heterocycles. The van der Waals surface area contributed by atoms with E-state index in [0.29, 0.717) is 17.8 Å². The zero-order chi connectivity index (χ0) is 15.1. The summed E-state index contributed by atoms with van der Waals surface area (Å²) < 4.78 is 0. The molecule has 110 valence electrons. The van der Waals surface area contributed by atoms with Crippen molar-refractivity contribution in [2.24, 2.45) is 0 Å². The number of nitrogens with two attached hydrogens (primary N) is 1. The lowest BCUT2D eigenvalue weighted by molar-refractivity contribution is 0.262. The Kier molecular flexibility index (Phi) is 5.17. The van der Waals surface area contributed by atoms with Crippen molar-refractivity contribution in [3.05, 3.63) is 54.1 Å². The molecule has 0 spiro atoms. The van der Waals surface area contributed by atoms with Crippen LogP contribution < -0.4 is 16.4 Å². The Bertz CT molecular complexity index is 597. The molecule has 0 fully saturated rings. The third kappa shape index (κ3) is 4.81. The van der Waals surface area contributed by atoms with E-state index in [0.717, 1.165) is 17.7 Å². The van der Waals surface area contributed by atoms with E-state index in [-0.39, 0.29) is 12.6 Å². The van der Waals surface area contributed by atoms with Crippen LogP contribution in [0.4, 0.5) is 21.9 Å². The summed E-state index contributed by atoms with van der Waals surface area (Å²) in [5.41, 5.74) is 8.72. The molecule has 2 aromatic rings. The molecular formula is C16H19N3O2. The number of hydrogen-bond acceptors (Lipinski definition) is 3. The number of hydrogen-bond donors (Lipinski definition) is 4. The van der Waals surface area contributed by atoms with Crippen LogP contribution in [0.1, 0.15) is 12.0 Å². The molecule has 21 heavy (non-hydrogen) atoms. The van der Waals surface area contributed by atoms with Gasteiger partial charge in [-0.25, -0.2) is 4.79 Å². The van der Waals surface area contributed by atoms with Gasteiger partial charge in [0.15, 0.2) is 0 Å². The highest BCUT2D eigenvalue weighted by molar-refractivity contribution is 5.99. The standard InChI is InChI=1S/C16H19N3O2/c17-13-6-8-14(9-7-13)18-16(21)19-15-5-1-3-12(11-15)4-2-10-20/h1,3,5-9,11,20H,2,4,10,17H2,(H2,18,19,21). The minimum Gasteiger partial charge on any atom is -0.399 e. The van der Waals surface area contributed by atoms with E-state index < -0.39 is 0 Å². The second kappa shape index (κ2) is 7.31. The summed E-state index contributed by atoms with van der Waals surface area (Å²) in [5.74, 6) is 0. The number of aliphatic hydroxyl groups is 1. The summed E-state index contributed by atoms with van der Waals surface area (Å²) >= 11 is 0. The highest BCUT2D eigenvalue weighted by atomic mass is 16.2. The Balaban J connectivity index is 1.94. The summed E-state index contributed by atoms with van der Waals surface area (Å²) in [7, 11) is 0. The second-order valence-electron chi connectivity index (χ2n) is 4.73. The SMILES string of the molecule is Nc1ccc(NC(=O)Nc2cccc(CCCO)c2)cc1. The highest BCUT2D eigenvalue weighted by Gasteiger charge is 2.03. The molecule has 5 nitrogen and oxygen atoms in total. The van der Waals surface area contributed by atoms with Crippen LogP contribution in [-0.2, 0) is 6.42 Å². The van der Waals surface area contributed by atoms with Crippen molar-refractivity contribution in [3.8, 4) is 0 Å². The Morgan fingerprint density at radius 3 is 2.48 bits per heavy atom. The molecule has 0 aliphatic carbocycles. The number of carbonyl (C=O) groups excluding carboxylic acids is 1. The van der Waals surface area contributed by atoms with Gasteiger partial charge < -0.3 is 21.5 Å². The van der Waals surface area contributed by atoms with Crippen LogP contribution in [-0.4, -0.2) is 17.7 Å². The Hall–Kier alpha value is -2.53. The van der Waals surface area contributed by atoms with E-state index in [4.69, 9.17) is 10.8 Å². The number of nitrogen functional groups attached to an aromatic ring is 1. The van der Waals surface area contributed by atoms with Crippen molar-refractivity contribution >= 4 is 23.1 Å². The number of rotatable bonds is 5. The number of nitrogens with one attached hydrogen (secondary N) is 2. The Morgan fingerprint density at radius 2 is 1.76 bits per heavy atom. The summed E-state index contributed by atoms with van der Waals surface area (Å²) in [4.78, 5) is 11.9. The molecule has 0 atom stereocenters. The maximum Gasteiger partial charge on any atom is 0.323 e. The maximum absolute atomic E-state index is 11.9. The lowest BCUT2D eigenvalue weighted by Crippen LogP contribution is -2.19. The number of urea groups is 1. The van der Waals surface area contributed by atoms with Crippen LogP contribution in [0.3, 0.4) is 0 Å². The molecule has 2 rings (SSSR count). The zero-order valence-corrected chi connectivity index (χ0v) is 11.7. The Morgan fingerprint density at radius 1 is 1.05 bits per heavy atom. The van der Waals surface area contributed by atoms with Gasteiger partial charge in [-0.1, -0.05) is 12.1 Å². The molecule has 0 aromatic heterocycles. The monoisotopic (exact) mass is 285 g/mol. The van der Waals surface area contributed by atoms with Crippen molar-refractivity contribution in [2.75, 3.05) is 23.0 Å². The summed E-state index contributed by atoms with van der Waals surface area (Å²) in [6.07, 6.45) is 1.49. The van der Waals surface area contributed by atoms with Gasteiger partial charge >= 0.3 is 6.03 Å². The minimum absolute atomic E-state index is 0.162. The van der Waals surface area contributed by atoms with Crippen LogP contribution in [0.15, 0.2) is 48.5 Å². The third-order valence-electron chi connectivity index (χ3n) is 2.98. The molecule has 0 saturated heterocycles. The quantitative estimate of drug-likeness (QED) is 0.637. The Labute approximate surface area is 123 Å². The molecule has 2 aromatic carbocycles. The van der Waals surface area contributed by atoms with Gasteiger partial charge in [-0.2, -0.15) is 0 Å². The number of anilines is 3. The molecule has 0 heterocycles. The van der Waals surface area contributed by atoms with Gasteiger partial charge in [0.2, 0.25) is 0 Å². The van der Waals surface area contributed by atoms with Crippen molar-refractivity contribution in [2.45, 2.75) is 12.8 Å². The van der Waals surface area contributed by atoms with Gasteiger partial charge in [0.1, 0.15) is 0 Å². The van der Waals surface area contributed by atoms with Gasteiger partial charge in [-0.05, 0) is 54.8 Å². The van der Waals surface area contributed by atoms with Crippen molar-refractivity contribution < 1.29 is 9.90 Å². The van der Waals surface area contributed by atoms with E-state index in [1.807, 2.05) is 24.3 Å². The van der Waals surface area contributed by atoms with E-state index >= 15 is 0 Å². The van der Waals surface area contributed by atoms with Gasteiger partial charge in [0, 0.05) is 23.7 Å². The second-order valence-corrected chi connectivity index (χ2v) is 4.73. The fraction of sp³-hybridized carbons (Fsp3) is 0.188. The molecule has 0 radical (unpaired) electrons. The third-order valence-corrected chi connectivity index (χ3v) is 2.98. The topological polar surface area (TPSA) is 87.4 Å². The first-order valence-corrected chi connectivity index (χ1v) is 6.81. The van der Waals surface area contributed by atoms with E-state index in [1.165, 1.54) is 0 Å². The van der Waals surface area contributed by atoms with Gasteiger partial charge in [0.05, 0.1) is 0 Å². The van der Waals surface area contributed by atoms with Crippen LogP contribution in [0.5, 0.6) is 0 Å². The highest BCUT2D eigenvalue weighted by Crippen LogP contribution is 2.14. The molecule has 5 heteroatoms. The first-order chi connectivity index (χ1) is 10.2. The van der Waals surface area contributed by atoms with E-state index in [9.17, 15) is 4.79 Å². The number of aryl methyl sites for hydroxylation is 1. The molecular weight excluding hydrogens is 266 g/mol. The van der Waals surface area contributed by atoms with E-state index in [2.05, 4.69) is 10.6 Å². The van der Waals surface area contributed by atoms with Crippen molar-refractivity contribution in [1.29, 1.82) is 0 Å². The maximum atomic E-state index is 11.9. The van der Waals surface area contributed by atoms with Crippen molar-refractivity contribution in [1.82, 2.24) is 0 Å². The fourth-order valence-corrected chi connectivity index (χ4v) is 1.95. The van der Waals surface area contributed by atoms with Crippen LogP contribution >= 0.6 is 0 Å². The van der Waals surface area contributed by atoms with Crippen LogP contribution in [0.25, 0.3) is 0 Å². The van der Waals surface area contributed by atoms with Crippen LogP contribution in [0.2, 0.25) is 0 Å². The predicted molar refractivity (Wildman–Crippen MR) is 85.3 cm³/mol. The summed E-state index contributed by atoms with van der Waals surface area (Å²) in [5, 5.41) is 14.3. The van der Waals surface area contributed by atoms with Crippen LogP contribution in [0, 0.1) is 0 Å². The zero-order valence-electron chi connectivity index (χ0n) is 11.7. The van der Waals surface area contributed by atoms with Gasteiger partial charge in [0.25, 0.3) is 0 Å². The first-order valence-electron chi connectivity index (χ1n) is 6.81. The lowest BCUT2D eigenvalue weighted by Gasteiger charge is -2.09. The lowest BCUT2D eigenvalue weighted by atomic mass is 10.1. The average Bonchev–Trinajstić information content (AvgIpc) is 2.48. The average molecular weight is 285 g/mol. The molecule has 0 aliphatic rings. The normalized spacial score (nSPS) is 10.1. The smallest absolute Gasteiger partial charge is 0.323 e. The van der Waals surface area contributed by atoms with E-state index in [1.54, 1.807) is 24.3 Å². The molecule has 0 saturated carbocycles. The molecule has 0 bridgehead atoms. The molecule has 2 amide bonds. The van der Waals surface area contributed by atoms with Gasteiger partial charge in [-0.3, -0.25) is 0 Å². The number of benzene rings is 2. The molecule has 0 unspecified atom stereocenters. The number of aliphatic hydroxyl groups excluding tert-OH is 1. The predicted octanol–water partition coefficient (Wildman–Crippen LogP) is 2.84. The summed E-state index contributed by atoms with van der Waals surface area (Å²) in [6.45, 7) is 0.162. The summed E-state index contributed by atoms with van der Waals surface area (Å²) in [6, 6.07) is 14.2. The first kappa shape index (κ1) is 14.9. The van der Waals surface area contributed by atoms with Gasteiger partial charge in [-0.15, -0.1) is 0 Å². The largest absolute Gasteiger partial charge is 0.399 e. The minimum atomic E-state index is -0.306. The van der Waals surface area contributed by atoms with Crippen molar-refractivity contribution in [3.63, 3.8) is 0 Å². The fourth-order valence-electron chi connectivity index (χ4n) is 1.95. The molecule has 5 N–H and O–H groups in total. The number of carbonyl (C=O) groups is 1. The number of amides is 2.